The number of fused-ring (bicyclic) bond motifs is 1. The molecule has 0 saturated heterocycles. The zero-order valence-corrected chi connectivity index (χ0v) is 8.93. The Labute approximate surface area is 83.9 Å². The van der Waals surface area contributed by atoms with Gasteiger partial charge in [0.2, 0.25) is 0 Å². The Morgan fingerprint density at radius 3 is 3.08 bits per heavy atom. The van der Waals surface area contributed by atoms with Crippen LogP contribution >= 0.6 is 11.6 Å². The smallest absolute Gasteiger partial charge is 0.106 e. The van der Waals surface area contributed by atoms with Gasteiger partial charge in [-0.05, 0) is 33.1 Å². The Balaban J connectivity index is 2.51. The van der Waals surface area contributed by atoms with Crippen LogP contribution in [0.4, 0.5) is 0 Å². The molecule has 0 radical (unpaired) electrons. The van der Waals surface area contributed by atoms with Gasteiger partial charge in [0.1, 0.15) is 5.82 Å². The van der Waals surface area contributed by atoms with Crippen molar-refractivity contribution in [3.8, 4) is 0 Å². The molecule has 2 rings (SSSR count). The number of aromatic nitrogens is 2. The second-order valence-electron chi connectivity index (χ2n) is 3.80. The molecule has 1 aliphatic rings. The van der Waals surface area contributed by atoms with Gasteiger partial charge in [0.25, 0.3) is 0 Å². The topological polar surface area (TPSA) is 17.8 Å². The Bertz CT molecular complexity index is 317. The van der Waals surface area contributed by atoms with Crippen LogP contribution in [0.2, 0.25) is 0 Å². The third-order valence-corrected chi connectivity index (χ3v) is 3.13. The quantitative estimate of drug-likeness (QED) is 0.635. The second-order valence-corrected chi connectivity index (χ2v) is 4.06. The predicted molar refractivity (Wildman–Crippen MR) is 54.2 cm³/mol. The minimum absolute atomic E-state index is 0.551. The molecule has 1 atom stereocenters. The summed E-state index contributed by atoms with van der Waals surface area (Å²) in [4.78, 5) is 4.49. The molecule has 0 spiro atoms. The van der Waals surface area contributed by atoms with Crippen molar-refractivity contribution in [3.05, 3.63) is 17.2 Å². The van der Waals surface area contributed by atoms with Gasteiger partial charge in [-0.15, -0.1) is 11.6 Å². The summed E-state index contributed by atoms with van der Waals surface area (Å²) in [5, 5.41) is 0. The molecule has 2 nitrogen and oxygen atoms in total. The summed E-state index contributed by atoms with van der Waals surface area (Å²) in [6, 6.07) is 0.605. The molecule has 1 unspecified atom stereocenters. The molecule has 3 heteroatoms. The van der Waals surface area contributed by atoms with Crippen LogP contribution in [0.3, 0.4) is 0 Å². The average molecular weight is 199 g/mol. The molecule has 1 aromatic heterocycles. The first-order chi connectivity index (χ1) is 6.24. The molecule has 0 amide bonds. The lowest BCUT2D eigenvalue weighted by Crippen LogP contribution is -2.16. The standard InChI is InChI=1S/C10H15ClN2/c1-7-4-3-5-10-9(6-11)12-8(2)13(7)10/h7H,3-6H2,1-2H3. The van der Waals surface area contributed by atoms with E-state index in [0.29, 0.717) is 11.9 Å². The monoisotopic (exact) mass is 198 g/mol. The number of alkyl halides is 1. The van der Waals surface area contributed by atoms with Gasteiger partial charge >= 0.3 is 0 Å². The van der Waals surface area contributed by atoms with E-state index in [0.717, 1.165) is 17.9 Å². The fourth-order valence-corrected chi connectivity index (χ4v) is 2.51. The number of hydrogen-bond donors (Lipinski definition) is 0. The zero-order chi connectivity index (χ0) is 9.42. The average Bonchev–Trinajstić information content (AvgIpc) is 2.44. The van der Waals surface area contributed by atoms with Crippen molar-refractivity contribution in [2.75, 3.05) is 0 Å². The SMILES string of the molecule is Cc1nc(CCl)c2n1C(C)CCC2. The number of rotatable bonds is 1. The van der Waals surface area contributed by atoms with Crippen LogP contribution < -0.4 is 0 Å². The summed E-state index contributed by atoms with van der Waals surface area (Å²) in [6.45, 7) is 4.33. The van der Waals surface area contributed by atoms with Gasteiger partial charge in [0.15, 0.2) is 0 Å². The van der Waals surface area contributed by atoms with Crippen molar-refractivity contribution in [2.45, 2.75) is 45.0 Å². The molecule has 1 aromatic rings. The van der Waals surface area contributed by atoms with Gasteiger partial charge in [-0.2, -0.15) is 0 Å². The summed E-state index contributed by atoms with van der Waals surface area (Å²) in [6.07, 6.45) is 3.69. The number of aryl methyl sites for hydroxylation is 1. The highest BCUT2D eigenvalue weighted by Gasteiger charge is 2.21. The van der Waals surface area contributed by atoms with Crippen LogP contribution in [0.25, 0.3) is 0 Å². The molecule has 72 valence electrons. The minimum atomic E-state index is 0.551. The second kappa shape index (κ2) is 3.33. The van der Waals surface area contributed by atoms with Crippen molar-refractivity contribution < 1.29 is 0 Å². The fourth-order valence-electron chi connectivity index (χ4n) is 2.30. The highest BCUT2D eigenvalue weighted by molar-refractivity contribution is 6.17. The first kappa shape index (κ1) is 9.07. The molecule has 0 saturated carbocycles. The maximum Gasteiger partial charge on any atom is 0.106 e. The number of hydrogen-bond acceptors (Lipinski definition) is 1. The molecule has 0 fully saturated rings. The summed E-state index contributed by atoms with van der Waals surface area (Å²) in [5.41, 5.74) is 2.46. The molecule has 2 heterocycles. The molecule has 0 aromatic carbocycles. The maximum atomic E-state index is 5.85. The minimum Gasteiger partial charge on any atom is -0.329 e. The lowest BCUT2D eigenvalue weighted by molar-refractivity contribution is 0.423. The molecular formula is C10H15ClN2. The molecule has 0 N–H and O–H groups in total. The highest BCUT2D eigenvalue weighted by atomic mass is 35.5. The van der Waals surface area contributed by atoms with Gasteiger partial charge in [0, 0.05) is 11.7 Å². The van der Waals surface area contributed by atoms with Crippen LogP contribution in [0.5, 0.6) is 0 Å². The van der Waals surface area contributed by atoms with Crippen LogP contribution in [-0.4, -0.2) is 9.55 Å². The van der Waals surface area contributed by atoms with Gasteiger partial charge in [-0.25, -0.2) is 4.98 Å². The third-order valence-electron chi connectivity index (χ3n) is 2.87. The Kier molecular flexibility index (Phi) is 2.33. The van der Waals surface area contributed by atoms with Gasteiger partial charge in [-0.1, -0.05) is 0 Å². The van der Waals surface area contributed by atoms with E-state index in [1.807, 2.05) is 0 Å². The van der Waals surface area contributed by atoms with Crippen LogP contribution in [0.1, 0.15) is 43.0 Å². The maximum absolute atomic E-state index is 5.85. The molecular weight excluding hydrogens is 184 g/mol. The number of halogens is 1. The number of nitrogens with zero attached hydrogens (tertiary/aromatic N) is 2. The first-order valence-corrected chi connectivity index (χ1v) is 5.40. The molecule has 13 heavy (non-hydrogen) atoms. The van der Waals surface area contributed by atoms with E-state index < -0.39 is 0 Å². The van der Waals surface area contributed by atoms with E-state index in [-0.39, 0.29) is 0 Å². The summed E-state index contributed by atoms with van der Waals surface area (Å²) in [5.74, 6) is 1.67. The highest BCUT2D eigenvalue weighted by Crippen LogP contribution is 2.28. The molecule has 1 aliphatic heterocycles. The zero-order valence-electron chi connectivity index (χ0n) is 8.18. The van der Waals surface area contributed by atoms with Crippen molar-refractivity contribution in [1.82, 2.24) is 9.55 Å². The first-order valence-electron chi connectivity index (χ1n) is 4.86. The normalized spacial score (nSPS) is 21.6. The Hall–Kier alpha value is -0.500. The van der Waals surface area contributed by atoms with E-state index in [2.05, 4.69) is 23.4 Å². The molecule has 0 bridgehead atoms. The van der Waals surface area contributed by atoms with Crippen molar-refractivity contribution in [1.29, 1.82) is 0 Å². The van der Waals surface area contributed by atoms with Crippen molar-refractivity contribution in [2.24, 2.45) is 0 Å². The Morgan fingerprint density at radius 1 is 1.62 bits per heavy atom. The number of imidazole rings is 1. The predicted octanol–water partition coefficient (Wildman–Crippen LogP) is 2.83. The lowest BCUT2D eigenvalue weighted by Gasteiger charge is -2.23. The van der Waals surface area contributed by atoms with E-state index in [1.54, 1.807) is 0 Å². The van der Waals surface area contributed by atoms with Gasteiger partial charge < -0.3 is 4.57 Å². The van der Waals surface area contributed by atoms with Crippen LogP contribution in [-0.2, 0) is 12.3 Å². The third kappa shape index (κ3) is 1.37. The summed E-state index contributed by atoms with van der Waals surface area (Å²) in [7, 11) is 0. The van der Waals surface area contributed by atoms with E-state index in [1.165, 1.54) is 18.5 Å². The van der Waals surface area contributed by atoms with E-state index >= 15 is 0 Å². The van der Waals surface area contributed by atoms with Gasteiger partial charge in [-0.3, -0.25) is 0 Å². The van der Waals surface area contributed by atoms with Crippen molar-refractivity contribution >= 4 is 11.6 Å². The van der Waals surface area contributed by atoms with E-state index in [4.69, 9.17) is 11.6 Å². The Morgan fingerprint density at radius 2 is 2.38 bits per heavy atom. The molecule has 0 aliphatic carbocycles. The largest absolute Gasteiger partial charge is 0.329 e. The van der Waals surface area contributed by atoms with Crippen molar-refractivity contribution in [3.63, 3.8) is 0 Å². The summed E-state index contributed by atoms with van der Waals surface area (Å²) >= 11 is 5.85. The fraction of sp³-hybridized carbons (Fsp3) is 0.700. The van der Waals surface area contributed by atoms with Crippen LogP contribution in [0.15, 0.2) is 0 Å². The van der Waals surface area contributed by atoms with Crippen LogP contribution in [0, 0.1) is 6.92 Å². The van der Waals surface area contributed by atoms with Gasteiger partial charge in [0.05, 0.1) is 11.6 Å². The lowest BCUT2D eigenvalue weighted by atomic mass is 10.0. The van der Waals surface area contributed by atoms with E-state index in [9.17, 15) is 0 Å². The summed E-state index contributed by atoms with van der Waals surface area (Å²) < 4.78 is 2.35.